The molecular weight excluding hydrogens is 380 g/mol. The molecule has 0 aromatic heterocycles. The predicted octanol–water partition coefficient (Wildman–Crippen LogP) is 5.90. The lowest BCUT2D eigenvalue weighted by molar-refractivity contribution is -0.137. The Morgan fingerprint density at radius 1 is 0.897 bits per heavy atom. The molecule has 0 saturated heterocycles. The Labute approximate surface area is 176 Å². The van der Waals surface area contributed by atoms with E-state index in [4.69, 9.17) is 4.74 Å². The van der Waals surface area contributed by atoms with E-state index in [9.17, 15) is 4.79 Å². The fourth-order valence-corrected chi connectivity index (χ4v) is 3.60. The van der Waals surface area contributed by atoms with Crippen molar-refractivity contribution in [3.05, 3.63) is 102 Å². The summed E-state index contributed by atoms with van der Waals surface area (Å²) in [6.07, 6.45) is 4.55. The van der Waals surface area contributed by atoms with E-state index in [2.05, 4.69) is 53.3 Å². The van der Waals surface area contributed by atoms with Crippen molar-refractivity contribution >= 4 is 17.7 Å². The quantitative estimate of drug-likeness (QED) is 0.329. The van der Waals surface area contributed by atoms with E-state index in [1.165, 1.54) is 35.6 Å². The van der Waals surface area contributed by atoms with Crippen molar-refractivity contribution in [2.75, 3.05) is 12.9 Å². The van der Waals surface area contributed by atoms with Crippen LogP contribution < -0.4 is 4.74 Å². The second kappa shape index (κ2) is 11.1. The zero-order chi connectivity index (χ0) is 20.3. The molecule has 3 nitrogen and oxygen atoms in total. The molecule has 0 aliphatic heterocycles. The zero-order valence-corrected chi connectivity index (χ0v) is 17.2. The van der Waals surface area contributed by atoms with Crippen LogP contribution in [0.15, 0.2) is 91.2 Å². The molecule has 0 aliphatic rings. The first-order chi connectivity index (χ1) is 14.2. The molecule has 0 aliphatic carbocycles. The van der Waals surface area contributed by atoms with E-state index in [0.717, 1.165) is 23.5 Å². The Morgan fingerprint density at radius 2 is 1.66 bits per heavy atom. The first-order valence-corrected chi connectivity index (χ1v) is 10.6. The molecule has 0 atom stereocenters. The van der Waals surface area contributed by atoms with Crippen LogP contribution >= 0.6 is 11.8 Å². The van der Waals surface area contributed by atoms with Crippen LogP contribution in [0.25, 0.3) is 11.1 Å². The Hall–Kier alpha value is -2.98. The van der Waals surface area contributed by atoms with Crippen LogP contribution in [0.4, 0.5) is 0 Å². The minimum atomic E-state index is -0.206. The van der Waals surface area contributed by atoms with Crippen LogP contribution in [0.5, 0.6) is 5.75 Å². The van der Waals surface area contributed by atoms with E-state index in [1.807, 2.05) is 36.4 Å². The van der Waals surface area contributed by atoms with Crippen molar-refractivity contribution in [2.45, 2.75) is 12.2 Å². The summed E-state index contributed by atoms with van der Waals surface area (Å²) in [4.78, 5) is 11.2. The molecule has 29 heavy (non-hydrogen) atoms. The number of carbonyl (C=O) groups is 1. The largest absolute Gasteiger partial charge is 0.468 e. The molecule has 148 valence electrons. The van der Waals surface area contributed by atoms with Gasteiger partial charge in [0.1, 0.15) is 5.75 Å². The summed E-state index contributed by atoms with van der Waals surface area (Å²) in [6.45, 7) is 0. The average molecular weight is 405 g/mol. The Bertz CT molecular complexity index is 934. The lowest BCUT2D eigenvalue weighted by atomic mass is 10.0. The molecule has 0 fully saturated rings. The molecule has 0 bridgehead atoms. The van der Waals surface area contributed by atoms with Gasteiger partial charge in [0.05, 0.1) is 19.1 Å². The van der Waals surface area contributed by atoms with Gasteiger partial charge in [0.2, 0.25) is 0 Å². The molecule has 3 aromatic rings. The summed E-state index contributed by atoms with van der Waals surface area (Å²) in [7, 11) is 1.40. The van der Waals surface area contributed by atoms with Gasteiger partial charge in [-0.3, -0.25) is 4.79 Å². The Balaban J connectivity index is 1.47. The van der Waals surface area contributed by atoms with E-state index >= 15 is 0 Å². The number of benzene rings is 3. The van der Waals surface area contributed by atoms with Gasteiger partial charge in [0.15, 0.2) is 0 Å². The van der Waals surface area contributed by atoms with Gasteiger partial charge < -0.3 is 9.47 Å². The third kappa shape index (κ3) is 6.84. The van der Waals surface area contributed by atoms with Crippen molar-refractivity contribution in [1.82, 2.24) is 0 Å². The highest BCUT2D eigenvalue weighted by Crippen LogP contribution is 2.20. The smallest absolute Gasteiger partial charge is 0.315 e. The van der Waals surface area contributed by atoms with Gasteiger partial charge in [0, 0.05) is 5.75 Å². The topological polar surface area (TPSA) is 35.5 Å². The summed E-state index contributed by atoms with van der Waals surface area (Å²) >= 11 is 1.52. The van der Waals surface area contributed by atoms with E-state index in [0.29, 0.717) is 5.75 Å². The highest BCUT2D eigenvalue weighted by molar-refractivity contribution is 7.99. The minimum absolute atomic E-state index is 0.206. The average Bonchev–Trinajstić information content (AvgIpc) is 2.78. The number of hydrogen-bond acceptors (Lipinski definition) is 4. The summed E-state index contributed by atoms with van der Waals surface area (Å²) in [5, 5.41) is 0. The number of esters is 1. The van der Waals surface area contributed by atoms with Crippen molar-refractivity contribution in [1.29, 1.82) is 0 Å². The van der Waals surface area contributed by atoms with Crippen molar-refractivity contribution in [2.24, 2.45) is 0 Å². The maximum absolute atomic E-state index is 11.2. The Kier molecular flexibility index (Phi) is 7.96. The lowest BCUT2D eigenvalue weighted by Crippen LogP contribution is -2.03. The standard InChI is InChI=1S/C25H24O3S/c1-27-25(26)19-29-18-21-7-5-11-24(17-21)28-16-6-8-20-12-14-23(15-13-20)22-9-3-2-4-10-22/h2-7,9-17H,8,18-19H2,1H3/b16-6+. The molecule has 3 rings (SSSR count). The molecule has 0 unspecified atom stereocenters. The fraction of sp³-hybridized carbons (Fsp3) is 0.160. The van der Waals surface area contributed by atoms with E-state index < -0.39 is 0 Å². The molecule has 0 N–H and O–H groups in total. The van der Waals surface area contributed by atoms with Crippen molar-refractivity contribution < 1.29 is 14.3 Å². The van der Waals surface area contributed by atoms with Crippen molar-refractivity contribution in [3.8, 4) is 16.9 Å². The van der Waals surface area contributed by atoms with Gasteiger partial charge >= 0.3 is 5.97 Å². The van der Waals surface area contributed by atoms with Gasteiger partial charge in [-0.05, 0) is 46.9 Å². The van der Waals surface area contributed by atoms with E-state index in [-0.39, 0.29) is 5.97 Å². The number of allylic oxidation sites excluding steroid dienone is 1. The van der Waals surface area contributed by atoms with Crippen LogP contribution in [0.3, 0.4) is 0 Å². The molecule has 0 radical (unpaired) electrons. The number of hydrogen-bond donors (Lipinski definition) is 0. The normalized spacial score (nSPS) is 10.8. The Morgan fingerprint density at radius 3 is 2.41 bits per heavy atom. The monoisotopic (exact) mass is 404 g/mol. The number of rotatable bonds is 9. The molecule has 0 amide bonds. The first kappa shape index (κ1) is 20.7. The maximum atomic E-state index is 11.2. The fourth-order valence-electron chi connectivity index (χ4n) is 2.79. The summed E-state index contributed by atoms with van der Waals surface area (Å²) in [6, 6.07) is 26.8. The highest BCUT2D eigenvalue weighted by atomic mass is 32.2. The third-order valence-corrected chi connectivity index (χ3v) is 5.31. The van der Waals surface area contributed by atoms with Gasteiger partial charge in [-0.25, -0.2) is 0 Å². The lowest BCUT2D eigenvalue weighted by Gasteiger charge is -2.05. The summed E-state index contributed by atoms with van der Waals surface area (Å²) in [5.74, 6) is 1.67. The van der Waals surface area contributed by atoms with Gasteiger partial charge in [-0.1, -0.05) is 66.7 Å². The van der Waals surface area contributed by atoms with Crippen LogP contribution in [0.2, 0.25) is 0 Å². The van der Waals surface area contributed by atoms with Crippen molar-refractivity contribution in [3.63, 3.8) is 0 Å². The summed E-state index contributed by atoms with van der Waals surface area (Å²) < 4.78 is 10.4. The maximum Gasteiger partial charge on any atom is 0.315 e. The van der Waals surface area contributed by atoms with Gasteiger partial charge in [-0.15, -0.1) is 11.8 Å². The van der Waals surface area contributed by atoms with Gasteiger partial charge in [0.25, 0.3) is 0 Å². The number of carbonyl (C=O) groups excluding carboxylic acids is 1. The molecule has 3 aromatic carbocycles. The van der Waals surface area contributed by atoms with Crippen LogP contribution in [0, 0.1) is 0 Å². The molecular formula is C25H24O3S. The number of thioether (sulfide) groups is 1. The second-order valence-corrected chi connectivity index (χ2v) is 7.46. The van der Waals surface area contributed by atoms with Crippen LogP contribution in [-0.4, -0.2) is 18.8 Å². The van der Waals surface area contributed by atoms with E-state index in [1.54, 1.807) is 6.26 Å². The highest BCUT2D eigenvalue weighted by Gasteiger charge is 2.02. The molecule has 0 saturated carbocycles. The molecule has 4 heteroatoms. The predicted molar refractivity (Wildman–Crippen MR) is 120 cm³/mol. The zero-order valence-electron chi connectivity index (χ0n) is 16.4. The molecule has 0 spiro atoms. The summed E-state index contributed by atoms with van der Waals surface area (Å²) in [5.41, 5.74) is 4.79. The first-order valence-electron chi connectivity index (χ1n) is 9.44. The SMILES string of the molecule is COC(=O)CSCc1cccc(O/C=C/Cc2ccc(-c3ccccc3)cc2)c1. The molecule has 0 heterocycles. The van der Waals surface area contributed by atoms with Crippen LogP contribution in [-0.2, 0) is 21.7 Å². The van der Waals surface area contributed by atoms with Gasteiger partial charge in [-0.2, -0.15) is 0 Å². The number of ether oxygens (including phenoxy) is 2. The van der Waals surface area contributed by atoms with Crippen LogP contribution in [0.1, 0.15) is 11.1 Å². The minimum Gasteiger partial charge on any atom is -0.468 e. The number of methoxy groups -OCH3 is 1. The third-order valence-electron chi connectivity index (χ3n) is 4.33. The second-order valence-electron chi connectivity index (χ2n) is 6.47.